The second kappa shape index (κ2) is 10.8. The highest BCUT2D eigenvalue weighted by Gasteiger charge is 2.17. The van der Waals surface area contributed by atoms with Crippen molar-refractivity contribution in [1.82, 2.24) is 20.2 Å². The summed E-state index contributed by atoms with van der Waals surface area (Å²) in [7, 11) is 1.63. The molecule has 1 N–H and O–H groups in total. The molecule has 0 radical (unpaired) electrons. The van der Waals surface area contributed by atoms with Crippen molar-refractivity contribution in [2.45, 2.75) is 19.0 Å². The fourth-order valence-electron chi connectivity index (χ4n) is 3.27. The molecule has 0 aliphatic heterocycles. The Balaban J connectivity index is 1.54. The predicted molar refractivity (Wildman–Crippen MR) is 136 cm³/mol. The number of ether oxygens (including phenoxy) is 1. The number of amides is 1. The molecule has 4 aromatic rings. The van der Waals surface area contributed by atoms with Gasteiger partial charge in [-0.3, -0.25) is 9.36 Å². The smallest absolute Gasteiger partial charge is 0.250 e. The highest BCUT2D eigenvalue weighted by molar-refractivity contribution is 7.99. The summed E-state index contributed by atoms with van der Waals surface area (Å²) in [6.07, 6.45) is 0. The third kappa shape index (κ3) is 5.52. The van der Waals surface area contributed by atoms with Gasteiger partial charge in [0.15, 0.2) is 11.0 Å². The van der Waals surface area contributed by atoms with Crippen LogP contribution in [0.5, 0.6) is 5.75 Å². The molecule has 0 aliphatic rings. The summed E-state index contributed by atoms with van der Waals surface area (Å²) in [5, 5.41) is 13.6. The van der Waals surface area contributed by atoms with Crippen LogP contribution in [0.25, 0.3) is 17.1 Å². The lowest BCUT2D eigenvalue weighted by Gasteiger charge is -2.11. The molecule has 4 rings (SSSR count). The number of hydrogen-bond donors (Lipinski definition) is 1. The summed E-state index contributed by atoms with van der Waals surface area (Å²) < 4.78 is 7.23. The Kier molecular flexibility index (Phi) is 7.39. The van der Waals surface area contributed by atoms with Gasteiger partial charge in [0.1, 0.15) is 5.75 Å². The van der Waals surface area contributed by atoms with E-state index in [9.17, 15) is 4.79 Å². The number of carbonyl (C=O) groups excluding carboxylic acids is 1. The largest absolute Gasteiger partial charge is 0.497 e. The molecule has 0 unspecified atom stereocenters. The van der Waals surface area contributed by atoms with Gasteiger partial charge in [0.05, 0.1) is 18.6 Å². The summed E-state index contributed by atoms with van der Waals surface area (Å²) in [5.74, 6) is 1.39. The van der Waals surface area contributed by atoms with Gasteiger partial charge in [0.2, 0.25) is 0 Å². The van der Waals surface area contributed by atoms with E-state index in [1.54, 1.807) is 7.11 Å². The number of carbonyl (C=O) groups is 1. The Morgan fingerprint density at radius 1 is 1.00 bits per heavy atom. The first kappa shape index (κ1) is 23.3. The highest BCUT2D eigenvalue weighted by Crippen LogP contribution is 2.29. The third-order valence-corrected chi connectivity index (χ3v) is 6.07. The van der Waals surface area contributed by atoms with Gasteiger partial charge in [-0.15, -0.1) is 10.2 Å². The molecule has 0 spiro atoms. The predicted octanol–water partition coefficient (Wildman–Crippen LogP) is 4.88. The van der Waals surface area contributed by atoms with E-state index >= 15 is 0 Å². The molecule has 172 valence electrons. The molecular weight excluding hydrogens is 446 g/mol. The average molecular weight is 472 g/mol. The number of nitrogens with one attached hydrogen (secondary N) is 1. The van der Waals surface area contributed by atoms with E-state index < -0.39 is 0 Å². The van der Waals surface area contributed by atoms with Gasteiger partial charge in [0.25, 0.3) is 5.91 Å². The minimum atomic E-state index is -0.218. The zero-order valence-electron chi connectivity index (χ0n) is 19.2. The molecule has 0 atom stereocenters. The van der Waals surface area contributed by atoms with Crippen LogP contribution in [-0.2, 0) is 4.79 Å². The van der Waals surface area contributed by atoms with Crippen LogP contribution in [0.4, 0.5) is 0 Å². The Bertz CT molecular complexity index is 1280. The fourth-order valence-corrected chi connectivity index (χ4v) is 4.01. The van der Waals surface area contributed by atoms with Gasteiger partial charge in [0, 0.05) is 11.3 Å². The number of hydrazone groups is 1. The molecule has 1 amide bonds. The lowest BCUT2D eigenvalue weighted by Crippen LogP contribution is -2.21. The summed E-state index contributed by atoms with van der Waals surface area (Å²) in [6.45, 7) is 3.90. The number of nitrogens with zero attached hydrogens (tertiary/aromatic N) is 4. The van der Waals surface area contributed by atoms with E-state index in [4.69, 9.17) is 4.74 Å². The number of benzene rings is 3. The Morgan fingerprint density at radius 3 is 2.38 bits per heavy atom. The van der Waals surface area contributed by atoms with E-state index in [2.05, 4.69) is 20.7 Å². The topological polar surface area (TPSA) is 81.4 Å². The van der Waals surface area contributed by atoms with Crippen molar-refractivity contribution in [3.8, 4) is 22.8 Å². The molecule has 3 aromatic carbocycles. The second-order valence-corrected chi connectivity index (χ2v) is 8.54. The number of aromatic nitrogens is 3. The van der Waals surface area contributed by atoms with Gasteiger partial charge in [-0.25, -0.2) is 5.43 Å². The fraction of sp³-hybridized carbons (Fsp3) is 0.154. The van der Waals surface area contributed by atoms with Crippen molar-refractivity contribution < 1.29 is 9.53 Å². The van der Waals surface area contributed by atoms with Crippen molar-refractivity contribution in [3.63, 3.8) is 0 Å². The molecule has 7 nitrogen and oxygen atoms in total. The minimum absolute atomic E-state index is 0.151. The van der Waals surface area contributed by atoms with Crippen molar-refractivity contribution in [1.29, 1.82) is 0 Å². The van der Waals surface area contributed by atoms with E-state index in [1.165, 1.54) is 11.8 Å². The maximum atomic E-state index is 12.5. The van der Waals surface area contributed by atoms with Crippen LogP contribution in [-0.4, -0.2) is 39.2 Å². The van der Waals surface area contributed by atoms with Gasteiger partial charge in [-0.2, -0.15) is 5.10 Å². The molecule has 8 heteroatoms. The van der Waals surface area contributed by atoms with E-state index in [-0.39, 0.29) is 11.7 Å². The van der Waals surface area contributed by atoms with Crippen LogP contribution in [0.1, 0.15) is 18.1 Å². The van der Waals surface area contributed by atoms with Gasteiger partial charge in [-0.1, -0.05) is 59.8 Å². The van der Waals surface area contributed by atoms with Crippen molar-refractivity contribution in [3.05, 3.63) is 90.0 Å². The number of methoxy groups -OCH3 is 1. The summed E-state index contributed by atoms with van der Waals surface area (Å²) in [4.78, 5) is 12.5. The van der Waals surface area contributed by atoms with Gasteiger partial charge >= 0.3 is 0 Å². The van der Waals surface area contributed by atoms with Crippen molar-refractivity contribution in [2.75, 3.05) is 12.9 Å². The molecule has 0 saturated carbocycles. The van der Waals surface area contributed by atoms with E-state index in [0.29, 0.717) is 11.0 Å². The number of aryl methyl sites for hydroxylation is 1. The maximum Gasteiger partial charge on any atom is 0.250 e. The Hall–Kier alpha value is -3.91. The summed E-state index contributed by atoms with van der Waals surface area (Å²) in [5.41, 5.74) is 7.29. The highest BCUT2D eigenvalue weighted by atomic mass is 32.2. The van der Waals surface area contributed by atoms with Gasteiger partial charge in [-0.05, 0) is 55.8 Å². The number of thioether (sulfide) groups is 1. The molecule has 1 heterocycles. The Morgan fingerprint density at radius 2 is 1.71 bits per heavy atom. The van der Waals surface area contributed by atoms with Crippen LogP contribution >= 0.6 is 11.8 Å². The van der Waals surface area contributed by atoms with Crippen LogP contribution in [0.3, 0.4) is 0 Å². The molecular formula is C26H25N5O2S. The van der Waals surface area contributed by atoms with E-state index in [0.717, 1.165) is 33.8 Å². The van der Waals surface area contributed by atoms with Crippen LogP contribution in [0.15, 0.2) is 89.1 Å². The minimum Gasteiger partial charge on any atom is -0.497 e. The zero-order valence-corrected chi connectivity index (χ0v) is 20.0. The zero-order chi connectivity index (χ0) is 23.9. The van der Waals surface area contributed by atoms with Crippen LogP contribution < -0.4 is 10.2 Å². The molecule has 34 heavy (non-hydrogen) atoms. The normalized spacial score (nSPS) is 11.3. The number of hydrogen-bond acceptors (Lipinski definition) is 6. The molecule has 0 aliphatic carbocycles. The van der Waals surface area contributed by atoms with E-state index in [1.807, 2.05) is 97.3 Å². The number of rotatable bonds is 8. The summed E-state index contributed by atoms with van der Waals surface area (Å²) in [6, 6.07) is 25.5. The molecule has 1 aromatic heterocycles. The van der Waals surface area contributed by atoms with Gasteiger partial charge < -0.3 is 4.74 Å². The van der Waals surface area contributed by atoms with Crippen LogP contribution in [0.2, 0.25) is 0 Å². The quantitative estimate of drug-likeness (QED) is 0.225. The SMILES string of the molecule is COc1ccc(-c2nnc(SCC(=O)NN=C(C)c3ccccc3)n2-c2ccc(C)cc2)cc1. The molecule has 0 bridgehead atoms. The Labute approximate surface area is 202 Å². The molecule has 0 saturated heterocycles. The standard InChI is InChI=1S/C26H25N5O2S/c1-18-9-13-22(14-10-18)31-25(21-11-15-23(33-3)16-12-21)29-30-26(31)34-17-24(32)28-27-19(2)20-7-5-4-6-8-20/h4-16H,17H2,1-3H3,(H,28,32). The van der Waals surface area contributed by atoms with Crippen LogP contribution in [0, 0.1) is 6.92 Å². The monoisotopic (exact) mass is 471 g/mol. The first-order valence-corrected chi connectivity index (χ1v) is 11.7. The van der Waals surface area contributed by atoms with Crippen molar-refractivity contribution in [2.24, 2.45) is 5.10 Å². The first-order chi connectivity index (χ1) is 16.5. The van der Waals surface area contributed by atoms with Crippen molar-refractivity contribution >= 4 is 23.4 Å². The lowest BCUT2D eigenvalue weighted by atomic mass is 10.1. The second-order valence-electron chi connectivity index (χ2n) is 7.59. The average Bonchev–Trinajstić information content (AvgIpc) is 3.31. The third-order valence-electron chi connectivity index (χ3n) is 5.15. The first-order valence-electron chi connectivity index (χ1n) is 10.7. The lowest BCUT2D eigenvalue weighted by molar-refractivity contribution is -0.118. The maximum absolute atomic E-state index is 12.5. The molecule has 0 fully saturated rings. The summed E-state index contributed by atoms with van der Waals surface area (Å²) >= 11 is 1.31.